The Morgan fingerprint density at radius 2 is 2.10 bits per heavy atom. The second-order valence-electron chi connectivity index (χ2n) is 7.24. The number of benzene rings is 1. The lowest BCUT2D eigenvalue weighted by molar-refractivity contribution is -0.117. The van der Waals surface area contributed by atoms with Gasteiger partial charge >= 0.3 is 0 Å². The molecule has 150 valence electrons. The van der Waals surface area contributed by atoms with E-state index < -0.39 is 6.04 Å². The minimum absolute atomic E-state index is 0.123. The van der Waals surface area contributed by atoms with E-state index in [0.29, 0.717) is 17.9 Å². The van der Waals surface area contributed by atoms with Crippen LogP contribution in [0.25, 0.3) is 10.2 Å². The van der Waals surface area contributed by atoms with Crippen molar-refractivity contribution < 1.29 is 9.59 Å². The molecule has 0 radical (unpaired) electrons. The van der Waals surface area contributed by atoms with Crippen molar-refractivity contribution in [3.05, 3.63) is 41.0 Å². The van der Waals surface area contributed by atoms with Crippen LogP contribution in [0.3, 0.4) is 0 Å². The second kappa shape index (κ2) is 7.79. The van der Waals surface area contributed by atoms with Crippen LogP contribution in [-0.2, 0) is 9.59 Å². The Kier molecular flexibility index (Phi) is 5.19. The number of hydrogen-bond acceptors (Lipinski definition) is 6. The number of fused-ring (bicyclic) bond motifs is 1. The highest BCUT2D eigenvalue weighted by atomic mass is 32.1. The van der Waals surface area contributed by atoms with E-state index in [9.17, 15) is 9.59 Å². The van der Waals surface area contributed by atoms with Crippen LogP contribution >= 0.6 is 11.3 Å². The van der Waals surface area contributed by atoms with Gasteiger partial charge in [0.25, 0.3) is 0 Å². The molecule has 7 nitrogen and oxygen atoms in total. The van der Waals surface area contributed by atoms with Crippen molar-refractivity contribution in [3.8, 4) is 0 Å². The lowest BCUT2D eigenvalue weighted by Gasteiger charge is -2.18. The predicted octanol–water partition coefficient (Wildman–Crippen LogP) is 3.87. The third kappa shape index (κ3) is 3.80. The van der Waals surface area contributed by atoms with Gasteiger partial charge in [0.15, 0.2) is 0 Å². The van der Waals surface area contributed by atoms with Crippen molar-refractivity contribution in [1.29, 1.82) is 0 Å². The maximum absolute atomic E-state index is 12.7. The third-order valence-corrected chi connectivity index (χ3v) is 6.33. The summed E-state index contributed by atoms with van der Waals surface area (Å²) >= 11 is 1.62. The summed E-state index contributed by atoms with van der Waals surface area (Å²) in [5.74, 6) is 0.611. The standard InChI is InChI=1S/C21H23N5O2S/c1-12-14(3)29-21-18(12)19(22-11-23-21)24-13(2)20(28)25-15-6-4-7-16(10-15)26-9-5-8-17(26)27/h4,6-7,10-11,13H,5,8-9H2,1-3H3,(H,25,28)(H,22,23,24)/t13-/m1/s1. The van der Waals surface area contributed by atoms with Crippen molar-refractivity contribution in [2.75, 3.05) is 22.1 Å². The monoisotopic (exact) mass is 409 g/mol. The van der Waals surface area contributed by atoms with E-state index in [1.54, 1.807) is 23.2 Å². The minimum atomic E-state index is -0.496. The van der Waals surface area contributed by atoms with Crippen molar-refractivity contribution in [2.45, 2.75) is 39.7 Å². The largest absolute Gasteiger partial charge is 0.358 e. The Bertz CT molecular complexity index is 1090. The summed E-state index contributed by atoms with van der Waals surface area (Å²) in [6, 6.07) is 6.90. The van der Waals surface area contributed by atoms with E-state index in [1.807, 2.05) is 31.2 Å². The third-order valence-electron chi connectivity index (χ3n) is 5.21. The summed E-state index contributed by atoms with van der Waals surface area (Å²) in [5.41, 5.74) is 2.60. The number of hydrogen-bond donors (Lipinski definition) is 2. The number of nitrogens with zero attached hydrogens (tertiary/aromatic N) is 3. The predicted molar refractivity (Wildman–Crippen MR) is 117 cm³/mol. The maximum atomic E-state index is 12.7. The molecule has 0 unspecified atom stereocenters. The van der Waals surface area contributed by atoms with Crippen LogP contribution in [0.1, 0.15) is 30.2 Å². The average molecular weight is 410 g/mol. The first kappa shape index (κ1) is 19.3. The number of carbonyl (C=O) groups is 2. The molecule has 1 saturated heterocycles. The Morgan fingerprint density at radius 1 is 1.28 bits per heavy atom. The molecule has 3 aromatic rings. The fraction of sp³-hybridized carbons (Fsp3) is 0.333. The zero-order chi connectivity index (χ0) is 20.5. The fourth-order valence-electron chi connectivity index (χ4n) is 3.49. The van der Waals surface area contributed by atoms with Gasteiger partial charge in [-0.3, -0.25) is 9.59 Å². The van der Waals surface area contributed by atoms with Gasteiger partial charge in [-0.2, -0.15) is 0 Å². The Labute approximate surface area is 173 Å². The molecule has 0 bridgehead atoms. The topological polar surface area (TPSA) is 87.2 Å². The van der Waals surface area contributed by atoms with Gasteiger partial charge in [-0.1, -0.05) is 6.07 Å². The van der Waals surface area contributed by atoms with Crippen LogP contribution in [0, 0.1) is 13.8 Å². The molecule has 1 atom stereocenters. The van der Waals surface area contributed by atoms with Crippen molar-refractivity contribution in [1.82, 2.24) is 9.97 Å². The molecule has 0 spiro atoms. The van der Waals surface area contributed by atoms with Crippen molar-refractivity contribution in [2.24, 2.45) is 0 Å². The number of anilines is 3. The quantitative estimate of drug-likeness (QED) is 0.668. The van der Waals surface area contributed by atoms with E-state index >= 15 is 0 Å². The van der Waals surface area contributed by atoms with E-state index in [2.05, 4.69) is 27.5 Å². The highest BCUT2D eigenvalue weighted by Gasteiger charge is 2.22. The molecule has 4 rings (SSSR count). The summed E-state index contributed by atoms with van der Waals surface area (Å²) in [5, 5.41) is 7.11. The lowest BCUT2D eigenvalue weighted by atomic mass is 10.2. The van der Waals surface area contributed by atoms with E-state index in [1.165, 1.54) is 11.2 Å². The van der Waals surface area contributed by atoms with Crippen LogP contribution in [0.5, 0.6) is 0 Å². The van der Waals surface area contributed by atoms with E-state index in [0.717, 1.165) is 34.4 Å². The van der Waals surface area contributed by atoms with Gasteiger partial charge in [-0.05, 0) is 51.0 Å². The molecule has 29 heavy (non-hydrogen) atoms. The number of rotatable bonds is 5. The maximum Gasteiger partial charge on any atom is 0.246 e. The average Bonchev–Trinajstić information content (AvgIpc) is 3.25. The fourth-order valence-corrected chi connectivity index (χ4v) is 4.48. The highest BCUT2D eigenvalue weighted by molar-refractivity contribution is 7.18. The molecule has 1 aliphatic rings. The minimum Gasteiger partial charge on any atom is -0.358 e. The van der Waals surface area contributed by atoms with Gasteiger partial charge in [0.05, 0.1) is 5.39 Å². The van der Waals surface area contributed by atoms with E-state index in [-0.39, 0.29) is 11.8 Å². The molecule has 0 saturated carbocycles. The lowest BCUT2D eigenvalue weighted by Crippen LogP contribution is -2.32. The summed E-state index contributed by atoms with van der Waals surface area (Å²) in [6.07, 6.45) is 2.96. The number of amides is 2. The van der Waals surface area contributed by atoms with E-state index in [4.69, 9.17) is 0 Å². The summed E-state index contributed by atoms with van der Waals surface area (Å²) in [6.45, 7) is 6.61. The molecule has 2 aromatic heterocycles. The molecule has 1 aromatic carbocycles. The second-order valence-corrected chi connectivity index (χ2v) is 8.44. The van der Waals surface area contributed by atoms with Gasteiger partial charge in [-0.15, -0.1) is 11.3 Å². The molecule has 8 heteroatoms. The van der Waals surface area contributed by atoms with Gasteiger partial charge < -0.3 is 15.5 Å². The molecule has 3 heterocycles. The Hall–Kier alpha value is -3.00. The Balaban J connectivity index is 1.49. The van der Waals surface area contributed by atoms with Crippen LogP contribution < -0.4 is 15.5 Å². The van der Waals surface area contributed by atoms with Crippen LogP contribution in [-0.4, -0.2) is 34.4 Å². The first-order valence-electron chi connectivity index (χ1n) is 9.62. The summed E-state index contributed by atoms with van der Waals surface area (Å²) < 4.78 is 0. The molecule has 2 amide bonds. The zero-order valence-corrected chi connectivity index (χ0v) is 17.5. The van der Waals surface area contributed by atoms with Gasteiger partial charge in [-0.25, -0.2) is 9.97 Å². The number of nitrogens with one attached hydrogen (secondary N) is 2. The summed E-state index contributed by atoms with van der Waals surface area (Å²) in [4.78, 5) is 37.3. The van der Waals surface area contributed by atoms with Crippen molar-refractivity contribution >= 4 is 50.6 Å². The molecule has 0 aliphatic carbocycles. The molecule has 1 aliphatic heterocycles. The molecular formula is C21H23N5O2S. The highest BCUT2D eigenvalue weighted by Crippen LogP contribution is 2.32. The van der Waals surface area contributed by atoms with Gasteiger partial charge in [0.2, 0.25) is 11.8 Å². The number of carbonyl (C=O) groups excluding carboxylic acids is 2. The summed E-state index contributed by atoms with van der Waals surface area (Å²) in [7, 11) is 0. The van der Waals surface area contributed by atoms with Crippen LogP contribution in [0.15, 0.2) is 30.6 Å². The molecular weight excluding hydrogens is 386 g/mol. The molecule has 2 N–H and O–H groups in total. The van der Waals surface area contributed by atoms with Gasteiger partial charge in [0.1, 0.15) is 23.0 Å². The van der Waals surface area contributed by atoms with Gasteiger partial charge in [0, 0.05) is 29.2 Å². The Morgan fingerprint density at radius 3 is 2.86 bits per heavy atom. The first-order chi connectivity index (χ1) is 13.9. The number of thiophene rings is 1. The number of aryl methyl sites for hydroxylation is 2. The van der Waals surface area contributed by atoms with Crippen LogP contribution in [0.2, 0.25) is 0 Å². The molecule has 1 fully saturated rings. The zero-order valence-electron chi connectivity index (χ0n) is 16.7. The SMILES string of the molecule is Cc1sc2ncnc(N[C@H](C)C(=O)Nc3cccc(N4CCCC4=O)c3)c2c1C. The van der Waals surface area contributed by atoms with Crippen molar-refractivity contribution in [3.63, 3.8) is 0 Å². The van der Waals surface area contributed by atoms with Crippen LogP contribution in [0.4, 0.5) is 17.2 Å². The first-order valence-corrected chi connectivity index (χ1v) is 10.4. The smallest absolute Gasteiger partial charge is 0.246 e. The normalized spacial score (nSPS) is 15.0. The number of aromatic nitrogens is 2.